The van der Waals surface area contributed by atoms with Gasteiger partial charge in [-0.15, -0.1) is 0 Å². The van der Waals surface area contributed by atoms with Crippen LogP contribution in [0.25, 0.3) is 0 Å². The van der Waals surface area contributed by atoms with Crippen LogP contribution in [0.3, 0.4) is 0 Å². The van der Waals surface area contributed by atoms with E-state index in [1.165, 1.54) is 16.7 Å². The van der Waals surface area contributed by atoms with Gasteiger partial charge in [0.05, 0.1) is 17.6 Å². The number of nitrogen functional groups attached to an aromatic ring is 1. The maximum atomic E-state index is 12.4. The van der Waals surface area contributed by atoms with Crippen molar-refractivity contribution in [1.82, 2.24) is 10.2 Å². The van der Waals surface area contributed by atoms with Crippen LogP contribution < -0.4 is 10.0 Å². The first-order chi connectivity index (χ1) is 8.57. The topological polar surface area (TPSA) is 92.1 Å². The summed E-state index contributed by atoms with van der Waals surface area (Å²) in [5, 5.41) is 6.15. The third-order valence-electron chi connectivity index (χ3n) is 2.55. The molecule has 1 aromatic heterocycles. The maximum absolute atomic E-state index is 12.4. The van der Waals surface area contributed by atoms with Gasteiger partial charge in [0.15, 0.2) is 0 Å². The van der Waals surface area contributed by atoms with Crippen molar-refractivity contribution >= 4 is 21.4 Å². The van der Waals surface area contributed by atoms with Gasteiger partial charge in [0.2, 0.25) is 0 Å². The molecule has 18 heavy (non-hydrogen) atoms. The van der Waals surface area contributed by atoms with Crippen molar-refractivity contribution in [2.24, 2.45) is 0 Å². The fourth-order valence-electron chi connectivity index (χ4n) is 1.69. The Morgan fingerprint density at radius 2 is 2.11 bits per heavy atom. The standard InChI is InChI=1S/C11H14N4O2S/c1-2-15(11-6-4-3-5-10(11)12)18(16,17)9-7-13-14-8-9/h3-8H,2,12H2,1H3,(H,13,14). The third kappa shape index (κ3) is 2.04. The van der Waals surface area contributed by atoms with E-state index in [1.54, 1.807) is 31.2 Å². The molecule has 0 fully saturated rings. The predicted molar refractivity (Wildman–Crippen MR) is 69.6 cm³/mol. The van der Waals surface area contributed by atoms with Crippen molar-refractivity contribution in [3.8, 4) is 0 Å². The summed E-state index contributed by atoms with van der Waals surface area (Å²) in [5.41, 5.74) is 6.71. The Bertz CT molecular complexity index is 622. The first-order valence-corrected chi connectivity index (χ1v) is 6.87. The highest BCUT2D eigenvalue weighted by Gasteiger charge is 2.25. The number of nitrogens with one attached hydrogen (secondary N) is 1. The highest BCUT2D eigenvalue weighted by atomic mass is 32.2. The minimum atomic E-state index is -3.62. The number of H-pyrrole nitrogens is 1. The van der Waals surface area contributed by atoms with E-state index < -0.39 is 10.0 Å². The average molecular weight is 266 g/mol. The van der Waals surface area contributed by atoms with Crippen LogP contribution in [0.1, 0.15) is 6.92 Å². The molecule has 1 aromatic carbocycles. The lowest BCUT2D eigenvalue weighted by Gasteiger charge is -2.23. The van der Waals surface area contributed by atoms with Crippen LogP contribution in [-0.4, -0.2) is 25.2 Å². The van der Waals surface area contributed by atoms with Crippen LogP contribution in [0, 0.1) is 0 Å². The van der Waals surface area contributed by atoms with Crippen molar-refractivity contribution < 1.29 is 8.42 Å². The molecule has 0 amide bonds. The largest absolute Gasteiger partial charge is 0.397 e. The van der Waals surface area contributed by atoms with Crippen LogP contribution >= 0.6 is 0 Å². The van der Waals surface area contributed by atoms with Gasteiger partial charge < -0.3 is 5.73 Å². The van der Waals surface area contributed by atoms with Gasteiger partial charge in [-0.2, -0.15) is 5.10 Å². The molecular formula is C11H14N4O2S. The van der Waals surface area contributed by atoms with Crippen molar-refractivity contribution in [3.63, 3.8) is 0 Å². The monoisotopic (exact) mass is 266 g/mol. The van der Waals surface area contributed by atoms with E-state index in [4.69, 9.17) is 5.73 Å². The SMILES string of the molecule is CCN(c1ccccc1N)S(=O)(=O)c1cn[nH]c1. The van der Waals surface area contributed by atoms with Crippen LogP contribution in [0.4, 0.5) is 11.4 Å². The molecule has 0 spiro atoms. The molecule has 0 radical (unpaired) electrons. The van der Waals surface area contributed by atoms with E-state index in [-0.39, 0.29) is 4.90 Å². The fourth-order valence-corrected chi connectivity index (χ4v) is 3.10. The van der Waals surface area contributed by atoms with Gasteiger partial charge in [-0.25, -0.2) is 8.42 Å². The van der Waals surface area contributed by atoms with E-state index >= 15 is 0 Å². The maximum Gasteiger partial charge on any atom is 0.267 e. The molecule has 0 saturated carbocycles. The third-order valence-corrected chi connectivity index (χ3v) is 4.41. The summed E-state index contributed by atoms with van der Waals surface area (Å²) in [6.45, 7) is 2.05. The Morgan fingerprint density at radius 1 is 1.39 bits per heavy atom. The van der Waals surface area contributed by atoms with Gasteiger partial charge in [-0.1, -0.05) is 12.1 Å². The summed E-state index contributed by atoms with van der Waals surface area (Å²) >= 11 is 0. The molecule has 3 N–H and O–H groups in total. The van der Waals surface area contributed by atoms with Gasteiger partial charge in [0.1, 0.15) is 4.90 Å². The zero-order valence-corrected chi connectivity index (χ0v) is 10.7. The predicted octanol–water partition coefficient (Wildman–Crippen LogP) is 1.21. The molecule has 0 bridgehead atoms. The van der Waals surface area contributed by atoms with E-state index in [1.807, 2.05) is 0 Å². The second kappa shape index (κ2) is 4.69. The molecule has 2 aromatic rings. The molecule has 1 heterocycles. The van der Waals surface area contributed by atoms with E-state index in [2.05, 4.69) is 10.2 Å². The number of anilines is 2. The van der Waals surface area contributed by atoms with Crippen molar-refractivity contribution in [3.05, 3.63) is 36.7 Å². The number of aromatic amines is 1. The van der Waals surface area contributed by atoms with Crippen LogP contribution in [-0.2, 0) is 10.0 Å². The number of benzene rings is 1. The van der Waals surface area contributed by atoms with Gasteiger partial charge in [0.25, 0.3) is 10.0 Å². The molecule has 0 unspecified atom stereocenters. The Balaban J connectivity index is 2.51. The van der Waals surface area contributed by atoms with E-state index in [0.29, 0.717) is 17.9 Å². The quantitative estimate of drug-likeness (QED) is 0.813. The number of sulfonamides is 1. The first kappa shape index (κ1) is 12.4. The normalized spacial score (nSPS) is 11.4. The number of para-hydroxylation sites is 2. The van der Waals surface area contributed by atoms with Gasteiger partial charge in [-0.05, 0) is 19.1 Å². The molecule has 0 saturated heterocycles. The molecule has 6 nitrogen and oxygen atoms in total. The number of aromatic nitrogens is 2. The number of hydrogen-bond donors (Lipinski definition) is 2. The summed E-state index contributed by atoms with van der Waals surface area (Å²) in [5.74, 6) is 0. The number of hydrogen-bond acceptors (Lipinski definition) is 4. The summed E-state index contributed by atoms with van der Waals surface area (Å²) in [6.07, 6.45) is 2.62. The number of rotatable bonds is 4. The lowest BCUT2D eigenvalue weighted by atomic mass is 10.3. The zero-order valence-electron chi connectivity index (χ0n) is 9.87. The van der Waals surface area contributed by atoms with Gasteiger partial charge >= 0.3 is 0 Å². The Labute approximate surface area is 105 Å². The molecule has 96 valence electrons. The van der Waals surface area contributed by atoms with Crippen LogP contribution in [0.15, 0.2) is 41.6 Å². The fraction of sp³-hybridized carbons (Fsp3) is 0.182. The number of nitrogens with two attached hydrogens (primary N) is 1. The average Bonchev–Trinajstić information content (AvgIpc) is 2.86. The molecule has 0 atom stereocenters. The highest BCUT2D eigenvalue weighted by molar-refractivity contribution is 7.92. The summed E-state index contributed by atoms with van der Waals surface area (Å²) in [7, 11) is -3.62. The van der Waals surface area contributed by atoms with Crippen molar-refractivity contribution in [1.29, 1.82) is 0 Å². The number of nitrogens with zero attached hydrogens (tertiary/aromatic N) is 2. The lowest BCUT2D eigenvalue weighted by Crippen LogP contribution is -2.31. The highest BCUT2D eigenvalue weighted by Crippen LogP contribution is 2.27. The molecule has 0 aliphatic carbocycles. The van der Waals surface area contributed by atoms with Gasteiger partial charge in [-0.3, -0.25) is 9.40 Å². The summed E-state index contributed by atoms with van der Waals surface area (Å²) in [4.78, 5) is 0.118. The first-order valence-electron chi connectivity index (χ1n) is 5.43. The minimum absolute atomic E-state index is 0.118. The zero-order chi connectivity index (χ0) is 13.2. The van der Waals surface area contributed by atoms with Crippen LogP contribution in [0.5, 0.6) is 0 Å². The van der Waals surface area contributed by atoms with E-state index in [9.17, 15) is 8.42 Å². The molecule has 7 heteroatoms. The molecule has 0 aliphatic heterocycles. The molecule has 0 aliphatic rings. The Kier molecular flexibility index (Phi) is 3.24. The second-order valence-electron chi connectivity index (χ2n) is 3.66. The Hall–Kier alpha value is -2.02. The second-order valence-corrected chi connectivity index (χ2v) is 5.52. The van der Waals surface area contributed by atoms with Crippen molar-refractivity contribution in [2.45, 2.75) is 11.8 Å². The molecular weight excluding hydrogens is 252 g/mol. The van der Waals surface area contributed by atoms with E-state index in [0.717, 1.165) is 0 Å². The Morgan fingerprint density at radius 3 is 2.67 bits per heavy atom. The van der Waals surface area contributed by atoms with Crippen molar-refractivity contribution in [2.75, 3.05) is 16.6 Å². The summed E-state index contributed by atoms with van der Waals surface area (Å²) in [6, 6.07) is 6.86. The lowest BCUT2D eigenvalue weighted by molar-refractivity contribution is 0.592. The van der Waals surface area contributed by atoms with Crippen LogP contribution in [0.2, 0.25) is 0 Å². The van der Waals surface area contributed by atoms with Gasteiger partial charge in [0, 0.05) is 12.7 Å². The molecule has 2 rings (SSSR count). The minimum Gasteiger partial charge on any atom is -0.397 e. The smallest absolute Gasteiger partial charge is 0.267 e. The summed E-state index contributed by atoms with van der Waals surface area (Å²) < 4.78 is 26.0.